The van der Waals surface area contributed by atoms with Gasteiger partial charge < -0.3 is 45.1 Å². The van der Waals surface area contributed by atoms with Gasteiger partial charge in [0, 0.05) is 160 Å². The second-order valence-corrected chi connectivity index (χ2v) is 26.0. The first-order valence-electron chi connectivity index (χ1n) is 32.7. The Balaban J connectivity index is 0.826. The Morgan fingerprint density at radius 3 is 1.73 bits per heavy atom. The summed E-state index contributed by atoms with van der Waals surface area (Å²) in [5.41, 5.74) is 10.3. The van der Waals surface area contributed by atoms with Crippen molar-refractivity contribution in [1.29, 1.82) is 0 Å². The number of nitrogens with one attached hydrogen (secondary N) is 4. The van der Waals surface area contributed by atoms with Crippen LogP contribution in [-0.2, 0) is 29.1 Å². The molecule has 4 N–H and O–H groups in total. The standard InChI is InChI=1S/C71H90N12O6/c1-9-82(70(88)51-13-11-12-14-51)63-38-56(54-19-20-64(73-40-54)80-27-23-78(8)24-28-80)36-59(48(63)7)67(85)75-42-61-57(32-46(5)77-69(61)87)34-50-17-18-53(33-50)71(89)83(10-2)62-37-55(35-58(47(62)6)66(84)74-41-60-44(3)31-45(4)76-68(60)86)52-21-22-72-65(39-52)81-29-25-79(26-30-81)43-49-15-16-49/h19-22,31-32,35-40,49-51,53H,9-18,23-30,33-34,41-43H2,1-8H3,(H,74,84)(H,75,85)(H,76,86)(H,77,87). The molecular weight excluding hydrogens is 1120 g/mol. The summed E-state index contributed by atoms with van der Waals surface area (Å²) in [6.45, 7) is 22.7. The summed E-state index contributed by atoms with van der Waals surface area (Å²) >= 11 is 0. The molecule has 470 valence electrons. The molecule has 3 aliphatic carbocycles. The van der Waals surface area contributed by atoms with Crippen LogP contribution in [0.3, 0.4) is 0 Å². The van der Waals surface area contributed by atoms with Crippen molar-refractivity contribution in [3.05, 3.63) is 150 Å². The Morgan fingerprint density at radius 1 is 0.573 bits per heavy atom. The largest absolute Gasteiger partial charge is 0.354 e. The van der Waals surface area contributed by atoms with Gasteiger partial charge in [-0.1, -0.05) is 12.8 Å². The molecule has 89 heavy (non-hydrogen) atoms. The third-order valence-corrected chi connectivity index (χ3v) is 19.7. The van der Waals surface area contributed by atoms with Gasteiger partial charge in [-0.15, -0.1) is 0 Å². The lowest BCUT2D eigenvalue weighted by atomic mass is 9.93. The van der Waals surface area contributed by atoms with E-state index in [0.717, 1.165) is 148 Å². The second kappa shape index (κ2) is 27.4. The topological polar surface area (TPSA) is 203 Å². The van der Waals surface area contributed by atoms with Crippen LogP contribution in [0, 0.1) is 58.3 Å². The Bertz CT molecular complexity index is 3720. The highest BCUT2D eigenvalue weighted by atomic mass is 16.2. The maximum absolute atomic E-state index is 15.2. The number of rotatable bonds is 20. The molecule has 0 bridgehead atoms. The molecule has 4 amide bonds. The molecule has 6 aromatic rings. The fourth-order valence-corrected chi connectivity index (χ4v) is 14.2. The number of aromatic amines is 2. The molecule has 0 spiro atoms. The zero-order chi connectivity index (χ0) is 62.6. The van der Waals surface area contributed by atoms with Gasteiger partial charge in [0.05, 0.1) is 0 Å². The first-order valence-corrected chi connectivity index (χ1v) is 32.7. The SMILES string of the molecule is CCN(C(=O)C1CCCC1)c1cc(-c2ccc(N3CCN(C)CC3)nc2)cc(C(=O)NCc2c(CC3CCC(C(=O)N(CC)c4cc(-c5ccnc(N6CCN(CC7CC7)CC6)c5)cc(C(=O)NCc5c(C)cc(C)[nH]c5=O)c4C)C3)cc(C)[nH]c2=O)c1C. The average molecular weight is 1210 g/mol. The lowest BCUT2D eigenvalue weighted by molar-refractivity contribution is -0.123. The zero-order valence-electron chi connectivity index (χ0n) is 53.5. The van der Waals surface area contributed by atoms with Crippen molar-refractivity contribution in [1.82, 2.24) is 40.4 Å². The number of pyridine rings is 4. The van der Waals surface area contributed by atoms with E-state index < -0.39 is 0 Å². The summed E-state index contributed by atoms with van der Waals surface area (Å²) in [5, 5.41) is 6.18. The number of aryl methyl sites for hydroxylation is 3. The molecule has 3 saturated carbocycles. The number of hydrogen-bond donors (Lipinski definition) is 4. The van der Waals surface area contributed by atoms with E-state index >= 15 is 4.79 Å². The quantitative estimate of drug-likeness (QED) is 0.0565. The van der Waals surface area contributed by atoms with Gasteiger partial charge in [-0.3, -0.25) is 33.7 Å². The summed E-state index contributed by atoms with van der Waals surface area (Å²) in [5.74, 6) is 1.65. The number of benzene rings is 2. The molecule has 2 saturated heterocycles. The van der Waals surface area contributed by atoms with Crippen LogP contribution in [0.1, 0.15) is 137 Å². The normalized spacial score (nSPS) is 18.3. The van der Waals surface area contributed by atoms with Crippen LogP contribution in [-0.4, -0.2) is 132 Å². The van der Waals surface area contributed by atoms with Crippen LogP contribution in [0.5, 0.6) is 0 Å². The maximum atomic E-state index is 15.2. The van der Waals surface area contributed by atoms with Gasteiger partial charge in [-0.05, 0) is 218 Å². The fraction of sp³-hybridized carbons (Fsp3) is 0.493. The predicted octanol–water partition coefficient (Wildman–Crippen LogP) is 9.43. The van der Waals surface area contributed by atoms with Crippen molar-refractivity contribution < 1.29 is 19.2 Å². The van der Waals surface area contributed by atoms with Crippen LogP contribution in [0.4, 0.5) is 23.0 Å². The van der Waals surface area contributed by atoms with Crippen LogP contribution >= 0.6 is 0 Å². The van der Waals surface area contributed by atoms with Crippen molar-refractivity contribution in [2.45, 2.75) is 126 Å². The van der Waals surface area contributed by atoms with Crippen molar-refractivity contribution >= 4 is 46.6 Å². The van der Waals surface area contributed by atoms with Gasteiger partial charge in [0.1, 0.15) is 11.6 Å². The fourth-order valence-electron chi connectivity index (χ4n) is 14.2. The van der Waals surface area contributed by atoms with E-state index in [1.165, 1.54) is 12.8 Å². The van der Waals surface area contributed by atoms with Crippen LogP contribution in [0.2, 0.25) is 0 Å². The van der Waals surface area contributed by atoms with E-state index in [4.69, 9.17) is 9.97 Å². The highest BCUT2D eigenvalue weighted by molar-refractivity contribution is 6.04. The summed E-state index contributed by atoms with van der Waals surface area (Å²) in [6, 6.07) is 19.8. The number of carbonyl (C=O) groups excluding carboxylic acids is 4. The zero-order valence-corrected chi connectivity index (χ0v) is 53.5. The van der Waals surface area contributed by atoms with E-state index in [1.807, 2.05) is 125 Å². The molecule has 4 aromatic heterocycles. The van der Waals surface area contributed by atoms with Gasteiger partial charge >= 0.3 is 0 Å². The molecule has 2 unspecified atom stereocenters. The minimum absolute atomic E-state index is 0.0239. The summed E-state index contributed by atoms with van der Waals surface area (Å²) in [4.78, 5) is 114. The van der Waals surface area contributed by atoms with Crippen molar-refractivity contribution in [3.63, 3.8) is 0 Å². The van der Waals surface area contributed by atoms with Crippen LogP contribution in [0.15, 0.2) is 82.6 Å². The summed E-state index contributed by atoms with van der Waals surface area (Å²) in [7, 11) is 2.13. The molecule has 0 radical (unpaired) electrons. The Kier molecular flexibility index (Phi) is 19.3. The number of nitrogens with zero attached hydrogens (tertiary/aromatic N) is 8. The third-order valence-electron chi connectivity index (χ3n) is 19.7. The smallest absolute Gasteiger partial charge is 0.253 e. The van der Waals surface area contributed by atoms with E-state index in [9.17, 15) is 24.0 Å². The Morgan fingerprint density at radius 2 is 1.13 bits per heavy atom. The van der Waals surface area contributed by atoms with E-state index in [-0.39, 0.29) is 65.6 Å². The van der Waals surface area contributed by atoms with Gasteiger partial charge in [0.2, 0.25) is 11.8 Å². The molecule has 6 heterocycles. The van der Waals surface area contributed by atoms with Gasteiger partial charge in [0.15, 0.2) is 0 Å². The highest BCUT2D eigenvalue weighted by Gasteiger charge is 2.36. The first-order chi connectivity index (χ1) is 42.9. The molecule has 2 aromatic carbocycles. The highest BCUT2D eigenvalue weighted by Crippen LogP contribution is 2.40. The number of likely N-dealkylation sites (N-methyl/N-ethyl adjacent to an activating group) is 1. The predicted molar refractivity (Wildman–Crippen MR) is 353 cm³/mol. The van der Waals surface area contributed by atoms with Crippen LogP contribution in [0.25, 0.3) is 22.3 Å². The molecule has 5 fully saturated rings. The molecule has 18 heteroatoms. The molecule has 5 aliphatic rings. The van der Waals surface area contributed by atoms with Crippen molar-refractivity contribution in [2.24, 2.45) is 23.7 Å². The average Bonchev–Trinajstić information content (AvgIpc) is 3.07. The number of aromatic nitrogens is 4. The summed E-state index contributed by atoms with van der Waals surface area (Å²) < 4.78 is 0. The number of hydrogen-bond acceptors (Lipinski definition) is 12. The number of H-pyrrole nitrogens is 2. The number of amides is 4. The number of piperazine rings is 2. The maximum Gasteiger partial charge on any atom is 0.253 e. The monoisotopic (exact) mass is 1210 g/mol. The van der Waals surface area contributed by atoms with Gasteiger partial charge in [-0.2, -0.15) is 0 Å². The molecule has 2 aliphatic heterocycles. The van der Waals surface area contributed by atoms with E-state index in [0.29, 0.717) is 82.8 Å². The number of anilines is 4. The van der Waals surface area contributed by atoms with Crippen molar-refractivity contribution in [2.75, 3.05) is 98.6 Å². The minimum Gasteiger partial charge on any atom is -0.354 e. The number of carbonyl (C=O) groups is 4. The van der Waals surface area contributed by atoms with E-state index in [2.05, 4.69) is 53.3 Å². The molecule has 11 rings (SSSR count). The minimum atomic E-state index is -0.354. The van der Waals surface area contributed by atoms with Gasteiger partial charge in [0.25, 0.3) is 22.9 Å². The molecule has 2 atom stereocenters. The third kappa shape index (κ3) is 14.2. The van der Waals surface area contributed by atoms with Crippen molar-refractivity contribution in [3.8, 4) is 22.3 Å². The lowest BCUT2D eigenvalue weighted by Gasteiger charge is -2.35. The lowest BCUT2D eigenvalue weighted by Crippen LogP contribution is -2.47. The van der Waals surface area contributed by atoms with Crippen LogP contribution < -0.4 is 41.4 Å². The second-order valence-electron chi connectivity index (χ2n) is 26.0. The first kappa shape index (κ1) is 62.6. The Hall–Kier alpha value is -7.96. The molecular formula is C71H90N12O6. The van der Waals surface area contributed by atoms with Gasteiger partial charge in [-0.25, -0.2) is 9.97 Å². The Labute approximate surface area is 523 Å². The summed E-state index contributed by atoms with van der Waals surface area (Å²) in [6.07, 6.45) is 12.6. The van der Waals surface area contributed by atoms with E-state index in [1.54, 1.807) is 0 Å². The molecule has 18 nitrogen and oxygen atoms in total.